The van der Waals surface area contributed by atoms with Crippen LogP contribution >= 0.6 is 15.9 Å². The zero-order chi connectivity index (χ0) is 18.3. The normalized spacial score (nSPS) is 25.4. The van der Waals surface area contributed by atoms with E-state index < -0.39 is 0 Å². The van der Waals surface area contributed by atoms with Gasteiger partial charge < -0.3 is 5.32 Å². The molecule has 2 unspecified atom stereocenters. The number of hydrogen-bond acceptors (Lipinski definition) is 2. The monoisotopic (exact) mass is 412 g/mol. The van der Waals surface area contributed by atoms with E-state index in [1.54, 1.807) is 0 Å². The van der Waals surface area contributed by atoms with Gasteiger partial charge in [-0.25, -0.2) is 0 Å². The topological polar surface area (TPSA) is 32.3 Å². The van der Waals surface area contributed by atoms with E-state index in [2.05, 4.69) is 76.4 Å². The zero-order valence-electron chi connectivity index (χ0n) is 15.3. The van der Waals surface area contributed by atoms with Crippen LogP contribution in [0.15, 0.2) is 53.0 Å². The molecule has 1 aliphatic heterocycles. The third kappa shape index (κ3) is 3.45. The maximum Gasteiger partial charge on any atom is 0.238 e. The standard InChI is InChI=1S/C22H25BrN2O/c1-22(2)11-10-17(13-22)25-14-20(26)24-19-9-8-16(23)12-18(19)21(25)15-6-4-3-5-7-15/h3-9,12,17,21H,10-11,13-14H2,1-2H3,(H,24,26). The number of amides is 1. The number of carbonyl (C=O) groups is 1. The maximum absolute atomic E-state index is 12.7. The number of fused-ring (bicyclic) bond motifs is 1. The number of nitrogens with zero attached hydrogens (tertiary/aromatic N) is 1. The summed E-state index contributed by atoms with van der Waals surface area (Å²) in [5.74, 6) is 0.0803. The van der Waals surface area contributed by atoms with Crippen molar-refractivity contribution >= 4 is 27.5 Å². The average Bonchev–Trinajstić information content (AvgIpc) is 2.89. The van der Waals surface area contributed by atoms with Gasteiger partial charge in [-0.1, -0.05) is 60.1 Å². The van der Waals surface area contributed by atoms with Gasteiger partial charge in [-0.3, -0.25) is 9.69 Å². The molecule has 0 spiro atoms. The van der Waals surface area contributed by atoms with E-state index in [0.29, 0.717) is 18.0 Å². The van der Waals surface area contributed by atoms with Crippen LogP contribution < -0.4 is 5.32 Å². The van der Waals surface area contributed by atoms with Crippen molar-refractivity contribution in [2.24, 2.45) is 5.41 Å². The molecule has 1 amide bonds. The van der Waals surface area contributed by atoms with E-state index in [1.807, 2.05) is 12.1 Å². The molecule has 2 aromatic rings. The highest BCUT2D eigenvalue weighted by Crippen LogP contribution is 2.45. The summed E-state index contributed by atoms with van der Waals surface area (Å²) < 4.78 is 1.04. The lowest BCUT2D eigenvalue weighted by Crippen LogP contribution is -2.41. The quantitative estimate of drug-likeness (QED) is 0.718. The first kappa shape index (κ1) is 17.7. The highest BCUT2D eigenvalue weighted by Gasteiger charge is 2.40. The maximum atomic E-state index is 12.7. The van der Waals surface area contributed by atoms with Gasteiger partial charge in [0, 0.05) is 16.2 Å². The van der Waals surface area contributed by atoms with E-state index >= 15 is 0 Å². The molecule has 2 atom stereocenters. The number of carbonyl (C=O) groups excluding carboxylic acids is 1. The molecule has 0 saturated heterocycles. The molecule has 2 aliphatic rings. The van der Waals surface area contributed by atoms with Gasteiger partial charge in [-0.05, 0) is 54.0 Å². The molecule has 0 radical (unpaired) electrons. The van der Waals surface area contributed by atoms with Gasteiger partial charge in [0.15, 0.2) is 0 Å². The summed E-state index contributed by atoms with van der Waals surface area (Å²) in [4.78, 5) is 15.1. The van der Waals surface area contributed by atoms with Gasteiger partial charge in [-0.15, -0.1) is 0 Å². The van der Waals surface area contributed by atoms with Crippen LogP contribution in [0.4, 0.5) is 5.69 Å². The van der Waals surface area contributed by atoms with Gasteiger partial charge in [0.1, 0.15) is 0 Å². The molecule has 1 heterocycles. The Bertz CT molecular complexity index is 818. The summed E-state index contributed by atoms with van der Waals surface area (Å²) in [6, 6.07) is 17.3. The highest BCUT2D eigenvalue weighted by atomic mass is 79.9. The molecule has 1 aliphatic carbocycles. The predicted octanol–water partition coefficient (Wildman–Crippen LogP) is 5.37. The molecular weight excluding hydrogens is 388 g/mol. The minimum Gasteiger partial charge on any atom is -0.325 e. The van der Waals surface area contributed by atoms with Crippen molar-refractivity contribution in [2.45, 2.75) is 45.2 Å². The Morgan fingerprint density at radius 1 is 1.15 bits per heavy atom. The fourth-order valence-corrected chi connectivity index (χ4v) is 4.91. The highest BCUT2D eigenvalue weighted by molar-refractivity contribution is 9.10. The van der Waals surface area contributed by atoms with E-state index in [4.69, 9.17) is 0 Å². The van der Waals surface area contributed by atoms with Gasteiger partial charge in [0.05, 0.1) is 12.6 Å². The van der Waals surface area contributed by atoms with E-state index in [9.17, 15) is 4.79 Å². The first-order chi connectivity index (χ1) is 12.4. The minimum absolute atomic E-state index is 0.0803. The molecule has 0 aromatic heterocycles. The molecule has 136 valence electrons. The molecule has 4 rings (SSSR count). The van der Waals surface area contributed by atoms with E-state index in [0.717, 1.165) is 23.0 Å². The number of halogens is 1. The van der Waals surface area contributed by atoms with Crippen LogP contribution in [-0.4, -0.2) is 23.4 Å². The van der Waals surface area contributed by atoms with Crippen LogP contribution in [0.1, 0.15) is 50.3 Å². The second kappa shape index (κ2) is 6.82. The van der Waals surface area contributed by atoms with Crippen molar-refractivity contribution < 1.29 is 4.79 Å². The van der Waals surface area contributed by atoms with Crippen molar-refractivity contribution in [2.75, 3.05) is 11.9 Å². The Kier molecular flexibility index (Phi) is 4.66. The van der Waals surface area contributed by atoms with Gasteiger partial charge in [0.2, 0.25) is 5.91 Å². The van der Waals surface area contributed by atoms with Crippen LogP contribution in [0, 0.1) is 5.41 Å². The van der Waals surface area contributed by atoms with Crippen LogP contribution in [0.3, 0.4) is 0 Å². The van der Waals surface area contributed by atoms with Gasteiger partial charge in [0.25, 0.3) is 0 Å². The van der Waals surface area contributed by atoms with Crippen LogP contribution in [-0.2, 0) is 4.79 Å². The Labute approximate surface area is 163 Å². The van der Waals surface area contributed by atoms with Crippen molar-refractivity contribution in [3.63, 3.8) is 0 Å². The smallest absolute Gasteiger partial charge is 0.238 e. The Morgan fingerprint density at radius 3 is 2.62 bits per heavy atom. The number of nitrogens with one attached hydrogen (secondary N) is 1. The Hall–Kier alpha value is -1.65. The Balaban J connectivity index is 1.84. The fraction of sp³-hybridized carbons (Fsp3) is 0.409. The second-order valence-electron chi connectivity index (χ2n) is 8.33. The van der Waals surface area contributed by atoms with E-state index in [-0.39, 0.29) is 11.9 Å². The van der Waals surface area contributed by atoms with E-state index in [1.165, 1.54) is 17.5 Å². The molecule has 26 heavy (non-hydrogen) atoms. The number of benzene rings is 2. The van der Waals surface area contributed by atoms with Crippen LogP contribution in [0.25, 0.3) is 0 Å². The lowest BCUT2D eigenvalue weighted by Gasteiger charge is -2.36. The molecule has 4 heteroatoms. The second-order valence-corrected chi connectivity index (χ2v) is 9.24. The van der Waals surface area contributed by atoms with Gasteiger partial charge in [-0.2, -0.15) is 0 Å². The Morgan fingerprint density at radius 2 is 1.92 bits per heavy atom. The summed E-state index contributed by atoms with van der Waals surface area (Å²) in [5.41, 5.74) is 3.68. The molecule has 1 fully saturated rings. The van der Waals surface area contributed by atoms with Crippen molar-refractivity contribution in [1.82, 2.24) is 4.90 Å². The molecule has 1 saturated carbocycles. The van der Waals surface area contributed by atoms with Crippen molar-refractivity contribution in [1.29, 1.82) is 0 Å². The molecule has 1 N–H and O–H groups in total. The molecular formula is C22H25BrN2O. The summed E-state index contributed by atoms with van der Waals surface area (Å²) in [5, 5.41) is 3.12. The number of anilines is 1. The third-order valence-corrected chi connectivity index (χ3v) is 6.26. The van der Waals surface area contributed by atoms with Crippen LogP contribution in [0.5, 0.6) is 0 Å². The number of hydrogen-bond donors (Lipinski definition) is 1. The van der Waals surface area contributed by atoms with Crippen molar-refractivity contribution in [3.8, 4) is 0 Å². The number of rotatable bonds is 2. The van der Waals surface area contributed by atoms with Crippen molar-refractivity contribution in [3.05, 3.63) is 64.1 Å². The summed E-state index contributed by atoms with van der Waals surface area (Å²) in [6.45, 7) is 5.12. The SMILES string of the molecule is CC1(C)CCC(N2CC(=O)Nc3ccc(Br)cc3C2c2ccccc2)C1. The zero-order valence-corrected chi connectivity index (χ0v) is 16.9. The lowest BCUT2D eigenvalue weighted by atomic mass is 9.90. The summed E-state index contributed by atoms with van der Waals surface area (Å²) >= 11 is 3.62. The third-order valence-electron chi connectivity index (χ3n) is 5.77. The lowest BCUT2D eigenvalue weighted by molar-refractivity contribution is -0.118. The first-order valence-electron chi connectivity index (χ1n) is 9.33. The molecule has 2 aromatic carbocycles. The largest absolute Gasteiger partial charge is 0.325 e. The first-order valence-corrected chi connectivity index (χ1v) is 10.1. The average molecular weight is 413 g/mol. The van der Waals surface area contributed by atoms with Crippen LogP contribution in [0.2, 0.25) is 0 Å². The minimum atomic E-state index is 0.0803. The fourth-order valence-electron chi connectivity index (χ4n) is 4.53. The molecule has 3 nitrogen and oxygen atoms in total. The summed E-state index contributed by atoms with van der Waals surface area (Å²) in [6.07, 6.45) is 3.49. The predicted molar refractivity (Wildman–Crippen MR) is 109 cm³/mol. The summed E-state index contributed by atoms with van der Waals surface area (Å²) in [7, 11) is 0. The molecule has 0 bridgehead atoms. The van der Waals surface area contributed by atoms with Gasteiger partial charge >= 0.3 is 0 Å².